The molecule has 0 spiro atoms. The maximum atomic E-state index is 12.3. The zero-order chi connectivity index (χ0) is 14.1. The lowest BCUT2D eigenvalue weighted by molar-refractivity contribution is 0.102. The number of amides is 1. The molecule has 1 aliphatic heterocycles. The molecule has 0 saturated heterocycles. The van der Waals surface area contributed by atoms with Gasteiger partial charge in [0.1, 0.15) is 11.4 Å². The molecular formula is C14H10BrN3OS. The van der Waals surface area contributed by atoms with Crippen LogP contribution in [-0.4, -0.2) is 5.91 Å². The molecule has 0 bridgehead atoms. The number of rotatable bonds is 2. The molecule has 0 radical (unpaired) electrons. The van der Waals surface area contributed by atoms with Crippen molar-refractivity contribution >= 4 is 50.3 Å². The summed E-state index contributed by atoms with van der Waals surface area (Å²) in [7, 11) is 0. The van der Waals surface area contributed by atoms with Crippen molar-refractivity contribution in [1.82, 2.24) is 0 Å². The van der Waals surface area contributed by atoms with Crippen molar-refractivity contribution in [2.45, 2.75) is 6.92 Å². The molecule has 1 N–H and O–H groups in total. The molecule has 20 heavy (non-hydrogen) atoms. The largest absolute Gasteiger partial charge is 0.320 e. The molecule has 100 valence electrons. The van der Waals surface area contributed by atoms with Crippen LogP contribution in [0.3, 0.4) is 0 Å². The second kappa shape index (κ2) is 5.30. The minimum absolute atomic E-state index is 0.157. The van der Waals surface area contributed by atoms with E-state index in [1.807, 2.05) is 37.3 Å². The number of nitrogens with one attached hydrogen (secondary N) is 1. The maximum absolute atomic E-state index is 12.3. The highest BCUT2D eigenvalue weighted by atomic mass is 79.9. The number of carbonyl (C=O) groups excluding carboxylic acids is 1. The van der Waals surface area contributed by atoms with Gasteiger partial charge in [0.05, 0.1) is 17.0 Å². The monoisotopic (exact) mass is 347 g/mol. The maximum Gasteiger partial charge on any atom is 0.255 e. The zero-order valence-corrected chi connectivity index (χ0v) is 13.0. The van der Waals surface area contributed by atoms with Crippen LogP contribution >= 0.6 is 15.9 Å². The van der Waals surface area contributed by atoms with Crippen molar-refractivity contribution in [3.8, 4) is 0 Å². The highest BCUT2D eigenvalue weighted by molar-refractivity contribution is 9.10. The van der Waals surface area contributed by atoms with Gasteiger partial charge in [-0.15, -0.1) is 0 Å². The molecule has 0 aromatic heterocycles. The number of anilines is 1. The summed E-state index contributed by atoms with van der Waals surface area (Å²) in [5.41, 5.74) is 3.82. The van der Waals surface area contributed by atoms with E-state index >= 15 is 0 Å². The molecule has 0 saturated carbocycles. The standard InChI is InChI=1S/C14H10BrN3OS/c1-8-5-9(7-10(15)6-8)14(19)16-11-3-2-4-12-13(11)18-20-17-12/h2-7H,1H3,(H,16,19). The molecular weight excluding hydrogens is 338 g/mol. The average molecular weight is 348 g/mol. The van der Waals surface area contributed by atoms with Gasteiger partial charge >= 0.3 is 0 Å². The third kappa shape index (κ3) is 2.57. The van der Waals surface area contributed by atoms with Crippen molar-refractivity contribution in [3.05, 3.63) is 52.0 Å². The molecule has 4 nitrogen and oxygen atoms in total. The Morgan fingerprint density at radius 1 is 1.25 bits per heavy atom. The highest BCUT2D eigenvalue weighted by Gasteiger charge is 2.14. The number of nitrogens with zero attached hydrogens (tertiary/aromatic N) is 2. The Labute approximate surface area is 128 Å². The molecule has 0 fully saturated rings. The summed E-state index contributed by atoms with van der Waals surface area (Å²) in [4.78, 5) is 12.3. The molecule has 3 rings (SSSR count). The zero-order valence-electron chi connectivity index (χ0n) is 10.6. The fourth-order valence-corrected chi connectivity index (χ4v) is 3.13. The lowest BCUT2D eigenvalue weighted by atomic mass is 10.1. The van der Waals surface area contributed by atoms with E-state index in [1.54, 1.807) is 6.07 Å². The van der Waals surface area contributed by atoms with Crippen LogP contribution in [0.15, 0.2) is 49.6 Å². The lowest BCUT2D eigenvalue weighted by Gasteiger charge is -2.08. The minimum Gasteiger partial charge on any atom is -0.320 e. The first-order valence-electron chi connectivity index (χ1n) is 5.93. The Kier molecular flexibility index (Phi) is 3.50. The SMILES string of the molecule is Cc1cc(Br)cc(C(=O)Nc2cccc3c2N=S=N3)c1. The molecule has 0 aliphatic carbocycles. The van der Waals surface area contributed by atoms with Crippen LogP contribution in [-0.2, 0) is 11.4 Å². The van der Waals surface area contributed by atoms with Crippen LogP contribution in [0.25, 0.3) is 0 Å². The molecule has 6 heteroatoms. The van der Waals surface area contributed by atoms with Crippen molar-refractivity contribution in [2.75, 3.05) is 5.32 Å². The summed E-state index contributed by atoms with van der Waals surface area (Å²) in [5, 5.41) is 2.89. The average Bonchev–Trinajstić information content (AvgIpc) is 2.87. The van der Waals surface area contributed by atoms with E-state index in [0.717, 1.165) is 32.8 Å². The predicted molar refractivity (Wildman–Crippen MR) is 84.8 cm³/mol. The summed E-state index contributed by atoms with van der Waals surface area (Å²) in [6.07, 6.45) is 0. The van der Waals surface area contributed by atoms with Gasteiger partial charge in [0.25, 0.3) is 5.91 Å². The van der Waals surface area contributed by atoms with Gasteiger partial charge in [0.2, 0.25) is 0 Å². The van der Waals surface area contributed by atoms with Crippen molar-refractivity contribution in [1.29, 1.82) is 0 Å². The Bertz CT molecular complexity index is 762. The second-order valence-corrected chi connectivity index (χ2v) is 5.85. The molecule has 0 unspecified atom stereocenters. The van der Waals surface area contributed by atoms with Crippen LogP contribution in [0.1, 0.15) is 15.9 Å². The number of halogens is 1. The normalized spacial score (nSPS) is 11.9. The fourth-order valence-electron chi connectivity index (χ4n) is 1.97. The van der Waals surface area contributed by atoms with Crippen LogP contribution in [0.4, 0.5) is 17.1 Å². The predicted octanol–water partition coefficient (Wildman–Crippen LogP) is 4.74. The smallest absolute Gasteiger partial charge is 0.255 e. The van der Waals surface area contributed by atoms with Crippen LogP contribution in [0.2, 0.25) is 0 Å². The molecule has 1 aliphatic rings. The topological polar surface area (TPSA) is 53.8 Å². The van der Waals surface area contributed by atoms with E-state index in [-0.39, 0.29) is 5.91 Å². The summed E-state index contributed by atoms with van der Waals surface area (Å²) in [5.74, 6) is -0.157. The second-order valence-electron chi connectivity index (χ2n) is 4.41. The number of carbonyl (C=O) groups is 1. The lowest BCUT2D eigenvalue weighted by Crippen LogP contribution is -2.12. The number of fused-ring (bicyclic) bond motifs is 1. The quantitative estimate of drug-likeness (QED) is 0.715. The number of hydrogen-bond donors (Lipinski definition) is 1. The Balaban J connectivity index is 1.90. The number of benzene rings is 2. The van der Waals surface area contributed by atoms with E-state index in [1.165, 1.54) is 0 Å². The number of hydrogen-bond acceptors (Lipinski definition) is 3. The Morgan fingerprint density at radius 2 is 2.10 bits per heavy atom. The summed E-state index contributed by atoms with van der Waals surface area (Å²) in [6.45, 7) is 1.95. The third-order valence-corrected chi connectivity index (χ3v) is 3.84. The summed E-state index contributed by atoms with van der Waals surface area (Å²) in [6, 6.07) is 11.2. The summed E-state index contributed by atoms with van der Waals surface area (Å²) < 4.78 is 9.25. The van der Waals surface area contributed by atoms with Crippen molar-refractivity contribution in [3.63, 3.8) is 0 Å². The third-order valence-electron chi connectivity index (χ3n) is 2.84. The number of aryl methyl sites for hydroxylation is 1. The van der Waals surface area contributed by atoms with Gasteiger partial charge in [-0.25, -0.2) is 0 Å². The molecule has 2 aromatic rings. The Morgan fingerprint density at radius 3 is 2.90 bits per heavy atom. The van der Waals surface area contributed by atoms with Gasteiger partial charge in [-0.05, 0) is 42.8 Å². The van der Waals surface area contributed by atoms with Gasteiger partial charge in [-0.3, -0.25) is 4.79 Å². The van der Waals surface area contributed by atoms with Gasteiger partial charge < -0.3 is 5.32 Å². The first-order valence-corrected chi connectivity index (χ1v) is 7.45. The fraction of sp³-hybridized carbons (Fsp3) is 0.0714. The van der Waals surface area contributed by atoms with Crippen LogP contribution in [0.5, 0.6) is 0 Å². The van der Waals surface area contributed by atoms with Crippen molar-refractivity contribution < 1.29 is 4.79 Å². The van der Waals surface area contributed by atoms with E-state index in [4.69, 9.17) is 0 Å². The van der Waals surface area contributed by atoms with Crippen molar-refractivity contribution in [2.24, 2.45) is 8.73 Å². The molecule has 0 atom stereocenters. The van der Waals surface area contributed by atoms with Crippen LogP contribution in [0, 0.1) is 6.92 Å². The van der Waals surface area contributed by atoms with E-state index in [2.05, 4.69) is 30.0 Å². The van der Waals surface area contributed by atoms with Gasteiger partial charge in [-0.1, -0.05) is 22.0 Å². The molecule has 2 aromatic carbocycles. The van der Waals surface area contributed by atoms with Gasteiger partial charge in [0, 0.05) is 10.0 Å². The van der Waals surface area contributed by atoms with Crippen LogP contribution < -0.4 is 5.32 Å². The van der Waals surface area contributed by atoms with Gasteiger partial charge in [-0.2, -0.15) is 8.73 Å². The first-order chi connectivity index (χ1) is 9.63. The first kappa shape index (κ1) is 13.2. The van der Waals surface area contributed by atoms with E-state index < -0.39 is 0 Å². The van der Waals surface area contributed by atoms with Gasteiger partial charge in [0.15, 0.2) is 0 Å². The Hall–Kier alpha value is -1.79. The molecule has 1 amide bonds. The summed E-state index contributed by atoms with van der Waals surface area (Å²) >= 11 is 4.54. The highest BCUT2D eigenvalue weighted by Crippen LogP contribution is 2.38. The molecule has 1 heterocycles. The van der Waals surface area contributed by atoms with E-state index in [0.29, 0.717) is 11.3 Å². The minimum atomic E-state index is -0.157. The van der Waals surface area contributed by atoms with E-state index in [9.17, 15) is 4.79 Å².